The molecule has 2 atom stereocenters. The SMILES string of the molecule is C[C@H]1c2c(nn(-c3ccc(F)c(C4CC4)c3)c2-n2ccn(-c3ccc4c(cnn4C)c3F)c2=O)CCN1C(=O)c1cn2cc([C@@H]3CCOC(C)(C)C3)cc(F)c2c1C1(c2noc(=O)[nH]2)CC1. The molecule has 0 radical (unpaired) electrons. The third-order valence-corrected chi connectivity index (χ3v) is 14.4. The number of amides is 1. The summed E-state index contributed by atoms with van der Waals surface area (Å²) in [6.45, 7) is 6.65. The van der Waals surface area contributed by atoms with E-state index in [1.54, 1.807) is 56.2 Å². The lowest BCUT2D eigenvalue weighted by Crippen LogP contribution is -2.40. The molecule has 6 aromatic heterocycles. The van der Waals surface area contributed by atoms with Gasteiger partial charge in [-0.3, -0.25) is 28.1 Å². The number of ether oxygens (including phenoxy) is 1. The van der Waals surface area contributed by atoms with E-state index in [1.807, 2.05) is 27.0 Å². The largest absolute Gasteiger partial charge is 0.438 e. The van der Waals surface area contributed by atoms with Gasteiger partial charge in [-0.15, -0.1) is 0 Å². The molecule has 0 spiro atoms. The number of pyridine rings is 1. The Bertz CT molecular complexity index is 3450. The van der Waals surface area contributed by atoms with Crippen LogP contribution in [0.1, 0.15) is 121 Å². The monoisotopic (exact) mass is 898 g/mol. The smallest absolute Gasteiger partial charge is 0.376 e. The van der Waals surface area contributed by atoms with Gasteiger partial charge in [0.15, 0.2) is 11.6 Å². The molecule has 18 heteroatoms. The van der Waals surface area contributed by atoms with Gasteiger partial charge in [-0.1, -0.05) is 5.16 Å². The van der Waals surface area contributed by atoms with Crippen molar-refractivity contribution in [1.82, 2.24) is 48.1 Å². The zero-order chi connectivity index (χ0) is 45.6. The van der Waals surface area contributed by atoms with Gasteiger partial charge < -0.3 is 14.0 Å². The fourth-order valence-electron chi connectivity index (χ4n) is 10.8. The van der Waals surface area contributed by atoms with Crippen molar-refractivity contribution in [2.75, 3.05) is 13.2 Å². The second-order valence-corrected chi connectivity index (χ2v) is 19.0. The van der Waals surface area contributed by atoms with Crippen LogP contribution in [-0.2, 0) is 23.6 Å². The molecule has 2 aliphatic carbocycles. The summed E-state index contributed by atoms with van der Waals surface area (Å²) in [5.41, 5.74) is 2.50. The second kappa shape index (κ2) is 14.3. The third-order valence-electron chi connectivity index (χ3n) is 14.4. The molecule has 338 valence electrons. The molecule has 1 saturated heterocycles. The van der Waals surface area contributed by atoms with E-state index < -0.39 is 46.0 Å². The van der Waals surface area contributed by atoms with Crippen LogP contribution in [0.2, 0.25) is 0 Å². The molecular weight excluding hydrogens is 854 g/mol. The van der Waals surface area contributed by atoms with Gasteiger partial charge >= 0.3 is 11.4 Å². The lowest BCUT2D eigenvalue weighted by atomic mass is 9.84. The number of carbonyl (C=O) groups is 1. The molecule has 2 aromatic carbocycles. The van der Waals surface area contributed by atoms with E-state index in [4.69, 9.17) is 14.4 Å². The minimum Gasteiger partial charge on any atom is -0.376 e. The predicted octanol–water partition coefficient (Wildman–Crippen LogP) is 7.44. The molecular formula is C48H45F3N10O5. The predicted molar refractivity (Wildman–Crippen MR) is 234 cm³/mol. The maximum absolute atomic E-state index is 16.9. The van der Waals surface area contributed by atoms with Gasteiger partial charge in [-0.25, -0.2) is 27.4 Å². The number of benzene rings is 2. The normalized spacial score (nSPS) is 20.1. The first-order chi connectivity index (χ1) is 31.7. The maximum Gasteiger partial charge on any atom is 0.438 e. The molecule has 4 aliphatic rings. The molecule has 0 bridgehead atoms. The first-order valence-electron chi connectivity index (χ1n) is 22.4. The Balaban J connectivity index is 1.00. The number of H-pyrrole nitrogens is 1. The van der Waals surface area contributed by atoms with Crippen LogP contribution in [0.3, 0.4) is 0 Å². The number of fused-ring (bicyclic) bond motifs is 3. The molecule has 8 heterocycles. The average molecular weight is 899 g/mol. The summed E-state index contributed by atoms with van der Waals surface area (Å²) in [6.07, 6.45) is 12.4. The van der Waals surface area contributed by atoms with Crippen LogP contribution < -0.4 is 11.4 Å². The number of hydrogen-bond donors (Lipinski definition) is 1. The first kappa shape index (κ1) is 40.6. The summed E-state index contributed by atoms with van der Waals surface area (Å²) in [5, 5.41) is 13.5. The second-order valence-electron chi connectivity index (χ2n) is 19.0. The Kier molecular flexibility index (Phi) is 8.77. The summed E-state index contributed by atoms with van der Waals surface area (Å²) >= 11 is 0. The van der Waals surface area contributed by atoms with Crippen molar-refractivity contribution >= 4 is 22.3 Å². The number of halogens is 3. The van der Waals surface area contributed by atoms with Gasteiger partial charge in [0.2, 0.25) is 0 Å². The maximum atomic E-state index is 16.9. The van der Waals surface area contributed by atoms with Crippen LogP contribution in [0, 0.1) is 17.5 Å². The summed E-state index contributed by atoms with van der Waals surface area (Å²) in [6, 6.07) is 8.83. The lowest BCUT2D eigenvalue weighted by molar-refractivity contribution is -0.0593. The van der Waals surface area contributed by atoms with E-state index >= 15 is 18.0 Å². The number of aromatic nitrogens is 9. The molecule has 1 amide bonds. The quantitative estimate of drug-likeness (QED) is 0.165. The summed E-state index contributed by atoms with van der Waals surface area (Å²) in [7, 11) is 1.71. The van der Waals surface area contributed by atoms with Crippen molar-refractivity contribution in [1.29, 1.82) is 0 Å². The molecule has 8 aromatic rings. The topological polar surface area (TPSA) is 155 Å². The van der Waals surface area contributed by atoms with Crippen molar-refractivity contribution in [3.05, 3.63) is 145 Å². The van der Waals surface area contributed by atoms with E-state index in [-0.39, 0.29) is 58.6 Å². The highest BCUT2D eigenvalue weighted by Gasteiger charge is 2.54. The Labute approximate surface area is 374 Å². The van der Waals surface area contributed by atoms with Crippen LogP contribution in [0.5, 0.6) is 0 Å². The van der Waals surface area contributed by atoms with Gasteiger partial charge in [0.1, 0.15) is 17.5 Å². The van der Waals surface area contributed by atoms with Crippen molar-refractivity contribution < 1.29 is 27.2 Å². The Morgan fingerprint density at radius 2 is 1.76 bits per heavy atom. The first-order valence-corrected chi connectivity index (χ1v) is 22.4. The average Bonchev–Trinajstić information content (AvgIpc) is 4.03. The van der Waals surface area contributed by atoms with E-state index in [9.17, 15) is 9.59 Å². The fourth-order valence-corrected chi connectivity index (χ4v) is 10.8. The molecule has 1 N–H and O–H groups in total. The van der Waals surface area contributed by atoms with E-state index in [1.165, 1.54) is 39.9 Å². The van der Waals surface area contributed by atoms with Crippen molar-refractivity contribution in [2.45, 2.75) is 94.6 Å². The van der Waals surface area contributed by atoms with Crippen LogP contribution in [0.25, 0.3) is 33.6 Å². The molecule has 2 saturated carbocycles. The third kappa shape index (κ3) is 6.13. The summed E-state index contributed by atoms with van der Waals surface area (Å²) in [4.78, 5) is 46.9. The van der Waals surface area contributed by atoms with E-state index in [0.717, 1.165) is 18.4 Å². The molecule has 15 nitrogen and oxygen atoms in total. The van der Waals surface area contributed by atoms with E-state index in [0.29, 0.717) is 71.7 Å². The standard InChI is InChI=1S/C48H45F3N10O5/c1-25-38-35(54-61(29-7-8-33(49)30(20-29)26-5-6-26)42(38)60-17-16-59(46(60)64)37-10-9-36-31(40(37)51)22-52-56(36)4)11-15-58(25)43(62)32-24-57-23-28(27-12-18-65-47(2,3)21-27)19-34(50)41(57)39(32)48(13-14-48)44-53-45(63)66-55-44/h7-10,16-17,19-20,22-27H,5-6,11-15,18,21H2,1-4H3,(H,53,55,63)/t25-,27+/m0/s1. The number of carbonyl (C=O) groups excluding carboxylic acids is 1. The number of nitrogens with zero attached hydrogens (tertiary/aromatic N) is 9. The van der Waals surface area contributed by atoms with Crippen LogP contribution in [-0.4, -0.2) is 72.8 Å². The van der Waals surface area contributed by atoms with E-state index in [2.05, 4.69) is 15.2 Å². The number of nitrogens with one attached hydrogen (secondary N) is 1. The van der Waals surface area contributed by atoms with Crippen LogP contribution in [0.15, 0.2) is 81.5 Å². The molecule has 66 heavy (non-hydrogen) atoms. The fraction of sp³-hybridized carbons (Fsp3) is 0.375. The van der Waals surface area contributed by atoms with Gasteiger partial charge in [0, 0.05) is 62.5 Å². The zero-order valence-corrected chi connectivity index (χ0v) is 36.6. The highest BCUT2D eigenvalue weighted by molar-refractivity contribution is 5.99. The minimum atomic E-state index is -0.999. The zero-order valence-electron chi connectivity index (χ0n) is 36.6. The van der Waals surface area contributed by atoms with Gasteiger partial charge in [0.25, 0.3) is 5.91 Å². The Morgan fingerprint density at radius 3 is 2.50 bits per heavy atom. The van der Waals surface area contributed by atoms with Gasteiger partial charge in [-0.2, -0.15) is 10.2 Å². The van der Waals surface area contributed by atoms with Crippen LogP contribution >= 0.6 is 0 Å². The molecule has 0 unspecified atom stereocenters. The lowest BCUT2D eigenvalue weighted by Gasteiger charge is -2.35. The number of hydrogen-bond acceptors (Lipinski definition) is 8. The summed E-state index contributed by atoms with van der Waals surface area (Å²) in [5.74, 6) is -1.99. The molecule has 2 aliphatic heterocycles. The number of aromatic amines is 1. The van der Waals surface area contributed by atoms with Crippen LogP contribution in [0.4, 0.5) is 13.2 Å². The molecule has 3 fully saturated rings. The Morgan fingerprint density at radius 1 is 0.955 bits per heavy atom. The highest BCUT2D eigenvalue weighted by atomic mass is 19.1. The van der Waals surface area contributed by atoms with Gasteiger partial charge in [0.05, 0.1) is 62.3 Å². The van der Waals surface area contributed by atoms with Crippen molar-refractivity contribution in [3.8, 4) is 17.2 Å². The number of aryl methyl sites for hydroxylation is 1. The number of rotatable bonds is 8. The Hall–Kier alpha value is -6.95. The summed E-state index contributed by atoms with van der Waals surface area (Å²) < 4.78 is 66.7. The molecule has 12 rings (SSSR count). The highest BCUT2D eigenvalue weighted by Crippen LogP contribution is 2.56. The minimum absolute atomic E-state index is 0.0180. The van der Waals surface area contributed by atoms with Crippen molar-refractivity contribution in [2.24, 2.45) is 7.05 Å². The number of imidazole rings is 1. The van der Waals surface area contributed by atoms with Crippen molar-refractivity contribution in [3.63, 3.8) is 0 Å². The van der Waals surface area contributed by atoms with Gasteiger partial charge in [-0.05, 0) is 119 Å².